The van der Waals surface area contributed by atoms with Crippen LogP contribution in [0.2, 0.25) is 0 Å². The van der Waals surface area contributed by atoms with Crippen molar-refractivity contribution in [3.05, 3.63) is 0 Å². The second-order valence-electron chi connectivity index (χ2n) is 4.48. The molecule has 1 unspecified atom stereocenters. The van der Waals surface area contributed by atoms with Gasteiger partial charge in [-0.1, -0.05) is 35.2 Å². The van der Waals surface area contributed by atoms with Crippen LogP contribution in [0.3, 0.4) is 0 Å². The molecule has 14 heavy (non-hydrogen) atoms. The van der Waals surface area contributed by atoms with E-state index in [9.17, 15) is 0 Å². The number of likely N-dealkylation sites (tertiary alicyclic amines) is 1. The molecule has 0 spiro atoms. The van der Waals surface area contributed by atoms with Gasteiger partial charge in [0, 0.05) is 11.4 Å². The molecule has 2 heteroatoms. The standard InChI is InChI=1S/C12H24BrN/c1-12-8-4-7-11-14(12)10-6-3-2-5-9-13/h12H,2-11H2,1H3. The Labute approximate surface area is 97.4 Å². The molecule has 1 fully saturated rings. The molecule has 0 aromatic heterocycles. The summed E-state index contributed by atoms with van der Waals surface area (Å²) in [6.45, 7) is 5.07. The summed E-state index contributed by atoms with van der Waals surface area (Å²) >= 11 is 3.48. The predicted octanol–water partition coefficient (Wildman–Crippen LogP) is 3.82. The molecule has 0 aromatic rings. The average Bonchev–Trinajstić information content (AvgIpc) is 2.20. The largest absolute Gasteiger partial charge is 0.301 e. The maximum absolute atomic E-state index is 3.48. The van der Waals surface area contributed by atoms with E-state index in [1.165, 1.54) is 63.4 Å². The lowest BCUT2D eigenvalue weighted by Crippen LogP contribution is -2.37. The number of alkyl halides is 1. The number of unbranched alkanes of at least 4 members (excludes halogenated alkanes) is 3. The highest BCUT2D eigenvalue weighted by Gasteiger charge is 2.16. The molecule has 84 valence electrons. The highest BCUT2D eigenvalue weighted by molar-refractivity contribution is 9.09. The third kappa shape index (κ3) is 4.79. The summed E-state index contributed by atoms with van der Waals surface area (Å²) in [5.41, 5.74) is 0. The van der Waals surface area contributed by atoms with Crippen molar-refractivity contribution in [2.24, 2.45) is 0 Å². The van der Waals surface area contributed by atoms with E-state index in [0.29, 0.717) is 0 Å². The molecule has 0 amide bonds. The summed E-state index contributed by atoms with van der Waals surface area (Å²) in [5.74, 6) is 0. The zero-order valence-electron chi connectivity index (χ0n) is 9.47. The molecule has 0 radical (unpaired) electrons. The number of nitrogens with zero attached hydrogens (tertiary/aromatic N) is 1. The van der Waals surface area contributed by atoms with Gasteiger partial charge in [0.1, 0.15) is 0 Å². The zero-order chi connectivity index (χ0) is 10.2. The number of rotatable bonds is 6. The van der Waals surface area contributed by atoms with Crippen molar-refractivity contribution < 1.29 is 0 Å². The van der Waals surface area contributed by atoms with E-state index < -0.39 is 0 Å². The van der Waals surface area contributed by atoms with Gasteiger partial charge in [-0.2, -0.15) is 0 Å². The molecule has 0 aromatic carbocycles. The Hall–Kier alpha value is 0.440. The second-order valence-corrected chi connectivity index (χ2v) is 5.28. The molecule has 0 aliphatic carbocycles. The van der Waals surface area contributed by atoms with Gasteiger partial charge in [-0.3, -0.25) is 0 Å². The lowest BCUT2D eigenvalue weighted by Gasteiger charge is -2.33. The van der Waals surface area contributed by atoms with Gasteiger partial charge in [0.2, 0.25) is 0 Å². The van der Waals surface area contributed by atoms with Crippen molar-refractivity contribution in [2.45, 2.75) is 57.9 Å². The Kier molecular flexibility index (Phi) is 6.88. The van der Waals surface area contributed by atoms with Crippen molar-refractivity contribution >= 4 is 15.9 Å². The highest BCUT2D eigenvalue weighted by atomic mass is 79.9. The Balaban J connectivity index is 1.99. The van der Waals surface area contributed by atoms with E-state index in [-0.39, 0.29) is 0 Å². The van der Waals surface area contributed by atoms with Crippen LogP contribution >= 0.6 is 15.9 Å². The molecular weight excluding hydrogens is 238 g/mol. The SMILES string of the molecule is CC1CCCCN1CCCCCCBr. The van der Waals surface area contributed by atoms with Crippen LogP contribution in [-0.2, 0) is 0 Å². The molecule has 0 N–H and O–H groups in total. The molecular formula is C12H24BrN. The van der Waals surface area contributed by atoms with Crippen LogP contribution in [-0.4, -0.2) is 29.4 Å². The number of hydrogen-bond acceptors (Lipinski definition) is 1. The fraction of sp³-hybridized carbons (Fsp3) is 1.00. The Bertz CT molecular complexity index is 138. The molecule has 1 saturated heterocycles. The summed E-state index contributed by atoms with van der Waals surface area (Å²) in [5, 5.41) is 1.17. The smallest absolute Gasteiger partial charge is 0.00669 e. The van der Waals surface area contributed by atoms with Crippen LogP contribution in [0.25, 0.3) is 0 Å². The minimum atomic E-state index is 0.847. The van der Waals surface area contributed by atoms with Gasteiger partial charge < -0.3 is 4.90 Å². The van der Waals surface area contributed by atoms with Crippen molar-refractivity contribution in [1.82, 2.24) is 4.90 Å². The monoisotopic (exact) mass is 261 g/mol. The Morgan fingerprint density at radius 3 is 2.64 bits per heavy atom. The molecule has 1 aliphatic rings. The molecule has 1 heterocycles. The van der Waals surface area contributed by atoms with Crippen molar-refractivity contribution in [3.8, 4) is 0 Å². The van der Waals surface area contributed by atoms with Gasteiger partial charge >= 0.3 is 0 Å². The van der Waals surface area contributed by atoms with Gasteiger partial charge in [-0.05, 0) is 45.7 Å². The van der Waals surface area contributed by atoms with Crippen molar-refractivity contribution in [2.75, 3.05) is 18.4 Å². The topological polar surface area (TPSA) is 3.24 Å². The molecule has 1 rings (SSSR count). The van der Waals surface area contributed by atoms with E-state index in [0.717, 1.165) is 6.04 Å². The quantitative estimate of drug-likeness (QED) is 0.519. The fourth-order valence-corrected chi connectivity index (χ4v) is 2.65. The number of halogens is 1. The van der Waals surface area contributed by atoms with Gasteiger partial charge in [-0.15, -0.1) is 0 Å². The maximum atomic E-state index is 3.48. The first-order valence-electron chi connectivity index (χ1n) is 6.14. The van der Waals surface area contributed by atoms with E-state index in [4.69, 9.17) is 0 Å². The average molecular weight is 262 g/mol. The lowest BCUT2D eigenvalue weighted by molar-refractivity contribution is 0.158. The molecule has 1 nitrogen and oxygen atoms in total. The Morgan fingerprint density at radius 2 is 1.93 bits per heavy atom. The molecule has 0 bridgehead atoms. The summed E-state index contributed by atoms with van der Waals surface area (Å²) < 4.78 is 0. The fourth-order valence-electron chi connectivity index (χ4n) is 2.25. The summed E-state index contributed by atoms with van der Waals surface area (Å²) in [6.07, 6.45) is 9.84. The third-order valence-corrected chi connectivity index (χ3v) is 3.83. The van der Waals surface area contributed by atoms with Crippen LogP contribution in [0.4, 0.5) is 0 Å². The first-order chi connectivity index (χ1) is 6.84. The Morgan fingerprint density at radius 1 is 1.14 bits per heavy atom. The van der Waals surface area contributed by atoms with E-state index >= 15 is 0 Å². The van der Waals surface area contributed by atoms with Crippen molar-refractivity contribution in [3.63, 3.8) is 0 Å². The normalized spacial score (nSPS) is 24.0. The first kappa shape index (κ1) is 12.5. The van der Waals surface area contributed by atoms with Crippen LogP contribution in [0.5, 0.6) is 0 Å². The van der Waals surface area contributed by atoms with Gasteiger partial charge in [0.05, 0.1) is 0 Å². The van der Waals surface area contributed by atoms with E-state index in [1.807, 2.05) is 0 Å². The van der Waals surface area contributed by atoms with Crippen LogP contribution < -0.4 is 0 Å². The molecule has 1 atom stereocenters. The second kappa shape index (κ2) is 7.70. The predicted molar refractivity (Wildman–Crippen MR) is 67.1 cm³/mol. The number of piperidine rings is 1. The van der Waals surface area contributed by atoms with E-state index in [1.54, 1.807) is 0 Å². The minimum Gasteiger partial charge on any atom is -0.301 e. The minimum absolute atomic E-state index is 0.847. The van der Waals surface area contributed by atoms with Crippen LogP contribution in [0, 0.1) is 0 Å². The van der Waals surface area contributed by atoms with Crippen LogP contribution in [0.1, 0.15) is 51.9 Å². The molecule has 0 saturated carbocycles. The lowest BCUT2D eigenvalue weighted by atomic mass is 10.0. The van der Waals surface area contributed by atoms with Crippen LogP contribution in [0.15, 0.2) is 0 Å². The van der Waals surface area contributed by atoms with E-state index in [2.05, 4.69) is 27.8 Å². The van der Waals surface area contributed by atoms with Crippen molar-refractivity contribution in [1.29, 1.82) is 0 Å². The number of hydrogen-bond donors (Lipinski definition) is 0. The summed E-state index contributed by atoms with van der Waals surface area (Å²) in [4.78, 5) is 2.68. The van der Waals surface area contributed by atoms with Gasteiger partial charge in [0.25, 0.3) is 0 Å². The van der Waals surface area contributed by atoms with Gasteiger partial charge in [-0.25, -0.2) is 0 Å². The summed E-state index contributed by atoms with van der Waals surface area (Å²) in [7, 11) is 0. The summed E-state index contributed by atoms with van der Waals surface area (Å²) in [6, 6.07) is 0.847. The highest BCUT2D eigenvalue weighted by Crippen LogP contribution is 2.17. The third-order valence-electron chi connectivity index (χ3n) is 3.27. The maximum Gasteiger partial charge on any atom is 0.00669 e. The van der Waals surface area contributed by atoms with Gasteiger partial charge in [0.15, 0.2) is 0 Å². The first-order valence-corrected chi connectivity index (χ1v) is 7.26. The zero-order valence-corrected chi connectivity index (χ0v) is 11.1. The molecule has 1 aliphatic heterocycles.